The molecule has 1 aromatic heterocycles. The zero-order valence-corrected chi connectivity index (χ0v) is 13.5. The minimum Gasteiger partial charge on any atom is -0.342 e. The average Bonchev–Trinajstić information content (AvgIpc) is 2.47. The normalized spacial score (nSPS) is 11.0. The number of nitrogens with zero attached hydrogens (tertiary/aromatic N) is 3. The zero-order chi connectivity index (χ0) is 15.4. The number of anilines is 2. The van der Waals surface area contributed by atoms with Crippen LogP contribution in [0.15, 0.2) is 30.5 Å². The Morgan fingerprint density at radius 2 is 1.86 bits per heavy atom. The predicted molar refractivity (Wildman–Crippen MR) is 88.1 cm³/mol. The lowest BCUT2D eigenvalue weighted by Gasteiger charge is -2.22. The Morgan fingerprint density at radius 1 is 1.19 bits per heavy atom. The highest BCUT2D eigenvalue weighted by Crippen LogP contribution is 2.26. The first kappa shape index (κ1) is 15.4. The van der Waals surface area contributed by atoms with Crippen LogP contribution in [-0.4, -0.2) is 24.1 Å². The standard InChI is InChI=1S/C17H24N4/c1-12(2)17-19-11-16(15(20-17)10-18-4)21(5)14-8-6-13(3)7-9-14/h6-9,11-12,18H,10H2,1-5H3. The van der Waals surface area contributed by atoms with E-state index < -0.39 is 0 Å². The van der Waals surface area contributed by atoms with Crippen molar-refractivity contribution in [1.82, 2.24) is 15.3 Å². The zero-order valence-electron chi connectivity index (χ0n) is 13.5. The molecule has 0 radical (unpaired) electrons. The van der Waals surface area contributed by atoms with Crippen molar-refractivity contribution in [3.05, 3.63) is 47.5 Å². The fraction of sp³-hybridized carbons (Fsp3) is 0.412. The van der Waals surface area contributed by atoms with Crippen LogP contribution in [0.25, 0.3) is 0 Å². The summed E-state index contributed by atoms with van der Waals surface area (Å²) in [5.41, 5.74) is 4.46. The molecule has 0 spiro atoms. The van der Waals surface area contributed by atoms with E-state index in [0.29, 0.717) is 5.92 Å². The summed E-state index contributed by atoms with van der Waals surface area (Å²) < 4.78 is 0. The van der Waals surface area contributed by atoms with Gasteiger partial charge in [-0.15, -0.1) is 0 Å². The first-order valence-corrected chi connectivity index (χ1v) is 7.33. The average molecular weight is 284 g/mol. The van der Waals surface area contributed by atoms with Crippen molar-refractivity contribution in [2.75, 3.05) is 19.0 Å². The van der Waals surface area contributed by atoms with Gasteiger partial charge in [-0.25, -0.2) is 9.97 Å². The fourth-order valence-electron chi connectivity index (χ4n) is 2.19. The van der Waals surface area contributed by atoms with E-state index >= 15 is 0 Å². The Balaban J connectivity index is 2.39. The van der Waals surface area contributed by atoms with Crippen LogP contribution in [0.1, 0.15) is 36.8 Å². The molecular formula is C17H24N4. The second kappa shape index (κ2) is 6.68. The van der Waals surface area contributed by atoms with Gasteiger partial charge in [0.1, 0.15) is 5.82 Å². The number of nitrogens with one attached hydrogen (secondary N) is 1. The Bertz CT molecular complexity index is 590. The van der Waals surface area contributed by atoms with Gasteiger partial charge in [0.2, 0.25) is 0 Å². The topological polar surface area (TPSA) is 41.1 Å². The first-order chi connectivity index (χ1) is 10.0. The van der Waals surface area contributed by atoms with E-state index in [1.165, 1.54) is 5.56 Å². The fourth-order valence-corrected chi connectivity index (χ4v) is 2.19. The second-order valence-electron chi connectivity index (χ2n) is 5.64. The van der Waals surface area contributed by atoms with Crippen molar-refractivity contribution in [2.45, 2.75) is 33.2 Å². The summed E-state index contributed by atoms with van der Waals surface area (Å²) in [6, 6.07) is 8.48. The molecule has 0 aliphatic heterocycles. The lowest BCUT2D eigenvalue weighted by Crippen LogP contribution is -2.18. The lowest BCUT2D eigenvalue weighted by molar-refractivity contribution is 0.725. The monoisotopic (exact) mass is 284 g/mol. The molecule has 0 amide bonds. The van der Waals surface area contributed by atoms with Gasteiger partial charge in [0.25, 0.3) is 0 Å². The molecule has 112 valence electrons. The van der Waals surface area contributed by atoms with Gasteiger partial charge >= 0.3 is 0 Å². The molecule has 0 unspecified atom stereocenters. The van der Waals surface area contributed by atoms with E-state index in [0.717, 1.165) is 29.4 Å². The highest BCUT2D eigenvalue weighted by atomic mass is 15.1. The molecule has 1 heterocycles. The molecule has 2 aromatic rings. The molecule has 4 heteroatoms. The second-order valence-corrected chi connectivity index (χ2v) is 5.64. The van der Waals surface area contributed by atoms with Crippen LogP contribution in [0.4, 0.5) is 11.4 Å². The minimum absolute atomic E-state index is 0.333. The molecule has 0 atom stereocenters. The largest absolute Gasteiger partial charge is 0.342 e. The van der Waals surface area contributed by atoms with Gasteiger partial charge in [-0.2, -0.15) is 0 Å². The smallest absolute Gasteiger partial charge is 0.131 e. The van der Waals surface area contributed by atoms with Gasteiger partial charge in [-0.1, -0.05) is 31.5 Å². The molecule has 21 heavy (non-hydrogen) atoms. The van der Waals surface area contributed by atoms with Gasteiger partial charge in [0, 0.05) is 25.2 Å². The van der Waals surface area contributed by atoms with E-state index in [4.69, 9.17) is 4.98 Å². The Morgan fingerprint density at radius 3 is 2.43 bits per heavy atom. The molecule has 0 saturated heterocycles. The highest BCUT2D eigenvalue weighted by molar-refractivity contribution is 5.63. The van der Waals surface area contributed by atoms with Crippen LogP contribution >= 0.6 is 0 Å². The van der Waals surface area contributed by atoms with Crippen molar-refractivity contribution >= 4 is 11.4 Å². The molecule has 1 aromatic carbocycles. The lowest BCUT2D eigenvalue weighted by atomic mass is 10.2. The third kappa shape index (κ3) is 3.58. The number of aromatic nitrogens is 2. The number of rotatable bonds is 5. The summed E-state index contributed by atoms with van der Waals surface area (Å²) >= 11 is 0. The van der Waals surface area contributed by atoms with Crippen LogP contribution < -0.4 is 10.2 Å². The van der Waals surface area contributed by atoms with Crippen molar-refractivity contribution in [2.24, 2.45) is 0 Å². The molecule has 0 bridgehead atoms. The van der Waals surface area contributed by atoms with E-state index in [9.17, 15) is 0 Å². The van der Waals surface area contributed by atoms with E-state index in [1.807, 2.05) is 13.2 Å². The minimum atomic E-state index is 0.333. The first-order valence-electron chi connectivity index (χ1n) is 7.33. The van der Waals surface area contributed by atoms with Crippen molar-refractivity contribution < 1.29 is 0 Å². The molecule has 0 aliphatic rings. The number of hydrogen-bond donors (Lipinski definition) is 1. The third-order valence-electron chi connectivity index (χ3n) is 3.51. The number of aryl methyl sites for hydroxylation is 1. The molecule has 0 saturated carbocycles. The quantitative estimate of drug-likeness (QED) is 0.913. The van der Waals surface area contributed by atoms with Crippen molar-refractivity contribution in [3.63, 3.8) is 0 Å². The van der Waals surface area contributed by atoms with Gasteiger partial charge in [0.05, 0.1) is 17.6 Å². The maximum atomic E-state index is 4.71. The van der Waals surface area contributed by atoms with Gasteiger partial charge < -0.3 is 10.2 Å². The molecule has 0 aliphatic carbocycles. The summed E-state index contributed by atoms with van der Waals surface area (Å²) in [5, 5.41) is 3.19. The molecule has 2 rings (SSSR count). The third-order valence-corrected chi connectivity index (χ3v) is 3.51. The van der Waals surface area contributed by atoms with Gasteiger partial charge in [-0.05, 0) is 26.1 Å². The van der Waals surface area contributed by atoms with E-state index in [2.05, 4.69) is 67.3 Å². The maximum absolute atomic E-state index is 4.71. The number of benzene rings is 1. The van der Waals surface area contributed by atoms with Gasteiger partial charge in [-0.3, -0.25) is 0 Å². The summed E-state index contributed by atoms with van der Waals surface area (Å²) in [4.78, 5) is 11.4. The maximum Gasteiger partial charge on any atom is 0.131 e. The summed E-state index contributed by atoms with van der Waals surface area (Å²) in [6.07, 6.45) is 1.93. The van der Waals surface area contributed by atoms with Crippen LogP contribution in [-0.2, 0) is 6.54 Å². The molecule has 4 nitrogen and oxygen atoms in total. The highest BCUT2D eigenvalue weighted by Gasteiger charge is 2.13. The summed E-state index contributed by atoms with van der Waals surface area (Å²) in [7, 11) is 3.99. The van der Waals surface area contributed by atoms with Crippen molar-refractivity contribution in [3.8, 4) is 0 Å². The van der Waals surface area contributed by atoms with E-state index in [-0.39, 0.29) is 0 Å². The SMILES string of the molecule is CNCc1nc(C(C)C)ncc1N(C)c1ccc(C)cc1. The predicted octanol–water partition coefficient (Wildman–Crippen LogP) is 3.40. The van der Waals surface area contributed by atoms with E-state index in [1.54, 1.807) is 0 Å². The van der Waals surface area contributed by atoms with Crippen molar-refractivity contribution in [1.29, 1.82) is 0 Å². The molecule has 1 N–H and O–H groups in total. The van der Waals surface area contributed by atoms with Crippen LogP contribution in [0, 0.1) is 6.92 Å². The van der Waals surface area contributed by atoms with Crippen LogP contribution in [0.5, 0.6) is 0 Å². The van der Waals surface area contributed by atoms with Crippen LogP contribution in [0.2, 0.25) is 0 Å². The Kier molecular flexibility index (Phi) is 4.91. The molecule has 0 fully saturated rings. The summed E-state index contributed by atoms with van der Waals surface area (Å²) in [6.45, 7) is 7.05. The summed E-state index contributed by atoms with van der Waals surface area (Å²) in [5.74, 6) is 1.22. The number of hydrogen-bond acceptors (Lipinski definition) is 4. The Hall–Kier alpha value is -1.94. The van der Waals surface area contributed by atoms with Crippen LogP contribution in [0.3, 0.4) is 0 Å². The molecular weight excluding hydrogens is 260 g/mol. The van der Waals surface area contributed by atoms with Gasteiger partial charge in [0.15, 0.2) is 0 Å². The Labute approximate surface area is 127 Å².